The number of nitrogens with one attached hydrogen (secondary N) is 1. The van der Waals surface area contributed by atoms with Gasteiger partial charge in [-0.15, -0.1) is 0 Å². The summed E-state index contributed by atoms with van der Waals surface area (Å²) in [6, 6.07) is 0. The molecule has 0 aliphatic carbocycles. The Bertz CT molecular complexity index is 145. The number of hydrogen-bond donors (Lipinski definition) is 1. The molecule has 1 aliphatic rings. The van der Waals surface area contributed by atoms with Crippen LogP contribution in [0.2, 0.25) is 0 Å². The lowest BCUT2D eigenvalue weighted by Gasteiger charge is -2.03. The summed E-state index contributed by atoms with van der Waals surface area (Å²) in [4.78, 5) is 10.9. The van der Waals surface area contributed by atoms with Crippen molar-refractivity contribution in [3.05, 3.63) is 0 Å². The number of ether oxygens (including phenoxy) is 1. The lowest BCUT2D eigenvalue weighted by atomic mass is 10.1. The van der Waals surface area contributed by atoms with Gasteiger partial charge >= 0.3 is 5.97 Å². The van der Waals surface area contributed by atoms with Gasteiger partial charge in [-0.1, -0.05) is 0 Å². The highest BCUT2D eigenvalue weighted by Crippen LogP contribution is 2.12. The van der Waals surface area contributed by atoms with Crippen LogP contribution < -0.4 is 0 Å². The highest BCUT2D eigenvalue weighted by Gasteiger charge is 2.19. The van der Waals surface area contributed by atoms with Crippen molar-refractivity contribution in [2.45, 2.75) is 19.3 Å². The molecule has 3 nitrogen and oxygen atoms in total. The maximum absolute atomic E-state index is 10.9. The van der Waals surface area contributed by atoms with Crippen LogP contribution in [0, 0.1) is 11.3 Å². The van der Waals surface area contributed by atoms with Crippen molar-refractivity contribution in [2.75, 3.05) is 6.61 Å². The van der Waals surface area contributed by atoms with Crippen molar-refractivity contribution in [2.24, 2.45) is 5.92 Å². The van der Waals surface area contributed by atoms with Gasteiger partial charge in [0.1, 0.15) is 0 Å². The van der Waals surface area contributed by atoms with Crippen LogP contribution in [0.15, 0.2) is 0 Å². The molecule has 1 N–H and O–H groups in total. The molecule has 1 fully saturated rings. The van der Waals surface area contributed by atoms with Crippen molar-refractivity contribution in [1.29, 1.82) is 5.41 Å². The largest absolute Gasteiger partial charge is 0.465 e. The van der Waals surface area contributed by atoms with Gasteiger partial charge in [-0.25, -0.2) is 0 Å². The second-order valence-corrected chi connectivity index (χ2v) is 2.44. The van der Waals surface area contributed by atoms with Gasteiger partial charge in [-0.05, 0) is 19.3 Å². The van der Waals surface area contributed by atoms with E-state index in [1.165, 1.54) is 6.21 Å². The second-order valence-electron chi connectivity index (χ2n) is 2.44. The minimum atomic E-state index is -0.275. The van der Waals surface area contributed by atoms with Crippen molar-refractivity contribution in [1.82, 2.24) is 0 Å². The molecule has 0 saturated carbocycles. The molecule has 0 amide bonds. The summed E-state index contributed by atoms with van der Waals surface area (Å²) in [6.45, 7) is 0.531. The Labute approximate surface area is 59.9 Å². The van der Waals surface area contributed by atoms with E-state index in [2.05, 4.69) is 0 Å². The summed E-state index contributed by atoms with van der Waals surface area (Å²) in [5, 5.41) is 6.90. The minimum Gasteiger partial charge on any atom is -0.465 e. The normalized spacial score (nSPS) is 26.8. The summed E-state index contributed by atoms with van der Waals surface area (Å²) in [5.41, 5.74) is 0. The first kappa shape index (κ1) is 7.25. The van der Waals surface area contributed by atoms with Crippen LogP contribution in [0.5, 0.6) is 0 Å². The fourth-order valence-electron chi connectivity index (χ4n) is 1.02. The summed E-state index contributed by atoms with van der Waals surface area (Å²) < 4.78 is 4.82. The van der Waals surface area contributed by atoms with Crippen LogP contribution in [0.3, 0.4) is 0 Å². The zero-order chi connectivity index (χ0) is 7.40. The van der Waals surface area contributed by atoms with Gasteiger partial charge in [-0.2, -0.15) is 0 Å². The fourth-order valence-corrected chi connectivity index (χ4v) is 1.02. The maximum Gasteiger partial charge on any atom is 0.314 e. The van der Waals surface area contributed by atoms with Crippen LogP contribution in [0.1, 0.15) is 19.3 Å². The molecule has 1 atom stereocenters. The first-order chi connectivity index (χ1) is 4.84. The van der Waals surface area contributed by atoms with E-state index in [0.717, 1.165) is 19.3 Å². The molecule has 1 aliphatic heterocycles. The van der Waals surface area contributed by atoms with Gasteiger partial charge in [0.25, 0.3) is 0 Å². The fraction of sp³-hybridized carbons (Fsp3) is 0.714. The van der Waals surface area contributed by atoms with Gasteiger partial charge in [0.05, 0.1) is 12.5 Å². The van der Waals surface area contributed by atoms with E-state index in [9.17, 15) is 4.79 Å². The van der Waals surface area contributed by atoms with Crippen LogP contribution in [-0.4, -0.2) is 18.8 Å². The zero-order valence-electron chi connectivity index (χ0n) is 5.80. The number of rotatable bonds is 1. The topological polar surface area (TPSA) is 50.1 Å². The van der Waals surface area contributed by atoms with E-state index in [1.807, 2.05) is 0 Å². The second kappa shape index (κ2) is 3.34. The predicted octanol–water partition coefficient (Wildman–Crippen LogP) is 0.979. The van der Waals surface area contributed by atoms with Crippen LogP contribution in [0.4, 0.5) is 0 Å². The Balaban J connectivity index is 2.51. The van der Waals surface area contributed by atoms with Crippen LogP contribution >= 0.6 is 0 Å². The van der Waals surface area contributed by atoms with Gasteiger partial charge in [0, 0.05) is 6.21 Å². The van der Waals surface area contributed by atoms with Crippen molar-refractivity contribution in [3.8, 4) is 0 Å². The van der Waals surface area contributed by atoms with Gasteiger partial charge in [-0.3, -0.25) is 4.79 Å². The van der Waals surface area contributed by atoms with Gasteiger partial charge < -0.3 is 10.1 Å². The minimum absolute atomic E-state index is 0.229. The van der Waals surface area contributed by atoms with E-state index >= 15 is 0 Å². The SMILES string of the molecule is N=CC1CCCCOC1=O. The van der Waals surface area contributed by atoms with Gasteiger partial charge in [0.2, 0.25) is 0 Å². The number of esters is 1. The third-order valence-corrected chi connectivity index (χ3v) is 1.66. The summed E-state index contributed by atoms with van der Waals surface area (Å²) >= 11 is 0. The molecule has 0 bridgehead atoms. The number of cyclic esters (lactones) is 1. The molecule has 1 heterocycles. The van der Waals surface area contributed by atoms with Gasteiger partial charge in [0.15, 0.2) is 0 Å². The standard InChI is InChI=1S/C7H11NO2/c8-5-6-3-1-2-4-10-7(6)9/h5-6,8H,1-4H2. The van der Waals surface area contributed by atoms with E-state index in [-0.39, 0.29) is 11.9 Å². The Morgan fingerprint density at radius 3 is 3.10 bits per heavy atom. The maximum atomic E-state index is 10.9. The molecule has 0 aromatic heterocycles. The molecule has 56 valence electrons. The van der Waals surface area contributed by atoms with Crippen LogP contribution in [-0.2, 0) is 9.53 Å². The Morgan fingerprint density at radius 1 is 1.60 bits per heavy atom. The highest BCUT2D eigenvalue weighted by molar-refractivity contribution is 5.88. The monoisotopic (exact) mass is 141 g/mol. The highest BCUT2D eigenvalue weighted by atomic mass is 16.5. The molecular formula is C7H11NO2. The molecule has 0 aromatic rings. The molecule has 1 saturated heterocycles. The lowest BCUT2D eigenvalue weighted by molar-refractivity contribution is -0.144. The molecule has 0 radical (unpaired) electrons. The Morgan fingerprint density at radius 2 is 2.40 bits per heavy atom. The summed E-state index contributed by atoms with van der Waals surface area (Å²) in [6.07, 6.45) is 3.89. The number of carbonyl (C=O) groups is 1. The Hall–Kier alpha value is -0.860. The number of hydrogen-bond acceptors (Lipinski definition) is 3. The average molecular weight is 141 g/mol. The summed E-state index contributed by atoms with van der Waals surface area (Å²) in [7, 11) is 0. The quantitative estimate of drug-likeness (QED) is 0.437. The van der Waals surface area contributed by atoms with Crippen LogP contribution in [0.25, 0.3) is 0 Å². The van der Waals surface area contributed by atoms with Crippen molar-refractivity contribution < 1.29 is 9.53 Å². The third kappa shape index (κ3) is 1.56. The van der Waals surface area contributed by atoms with E-state index in [1.54, 1.807) is 0 Å². The lowest BCUT2D eigenvalue weighted by Crippen LogP contribution is -2.15. The predicted molar refractivity (Wildman–Crippen MR) is 37.1 cm³/mol. The molecule has 1 rings (SSSR count). The summed E-state index contributed by atoms with van der Waals surface area (Å²) in [5.74, 6) is -0.505. The van der Waals surface area contributed by atoms with Crippen molar-refractivity contribution >= 4 is 12.2 Å². The molecule has 10 heavy (non-hydrogen) atoms. The Kier molecular flexibility index (Phi) is 2.42. The van der Waals surface area contributed by atoms with E-state index in [0.29, 0.717) is 6.61 Å². The first-order valence-electron chi connectivity index (χ1n) is 3.52. The molecule has 3 heteroatoms. The van der Waals surface area contributed by atoms with E-state index < -0.39 is 0 Å². The van der Waals surface area contributed by atoms with Crippen molar-refractivity contribution in [3.63, 3.8) is 0 Å². The first-order valence-corrected chi connectivity index (χ1v) is 3.52. The molecule has 0 spiro atoms. The van der Waals surface area contributed by atoms with E-state index in [4.69, 9.17) is 10.1 Å². The molecule has 0 aromatic carbocycles. The number of carbonyl (C=O) groups excluding carboxylic acids is 1. The molecular weight excluding hydrogens is 130 g/mol. The smallest absolute Gasteiger partial charge is 0.314 e. The third-order valence-electron chi connectivity index (χ3n) is 1.66. The zero-order valence-corrected chi connectivity index (χ0v) is 5.80. The average Bonchev–Trinajstić information content (AvgIpc) is 2.13. The molecule has 1 unspecified atom stereocenters.